The Morgan fingerprint density at radius 2 is 2.10 bits per heavy atom. The fraction of sp³-hybridized carbons (Fsp3) is 0.333. The minimum atomic E-state index is -1.01. The molecule has 2 aromatic rings. The van der Waals surface area contributed by atoms with Gasteiger partial charge >= 0.3 is 5.97 Å². The van der Waals surface area contributed by atoms with E-state index >= 15 is 0 Å². The summed E-state index contributed by atoms with van der Waals surface area (Å²) >= 11 is 3.30. The molecule has 0 radical (unpaired) electrons. The third-order valence-electron chi connectivity index (χ3n) is 3.12. The largest absolute Gasteiger partial charge is 0.486 e. The molecule has 0 saturated carbocycles. The topological polar surface area (TPSA) is 64.4 Å². The van der Waals surface area contributed by atoms with E-state index in [-0.39, 0.29) is 12.2 Å². The third-order valence-corrected chi connectivity index (χ3v) is 3.58. The van der Waals surface area contributed by atoms with Crippen molar-refractivity contribution in [1.82, 2.24) is 9.78 Å². The molecule has 1 heterocycles. The number of carbonyl (C=O) groups is 1. The van der Waals surface area contributed by atoms with E-state index < -0.39 is 5.97 Å². The van der Waals surface area contributed by atoms with Crippen LogP contribution < -0.4 is 4.74 Å². The Morgan fingerprint density at radius 1 is 1.38 bits per heavy atom. The van der Waals surface area contributed by atoms with Crippen molar-refractivity contribution in [3.8, 4) is 5.75 Å². The van der Waals surface area contributed by atoms with Gasteiger partial charge in [0.25, 0.3) is 0 Å². The summed E-state index contributed by atoms with van der Waals surface area (Å²) in [5.74, 6) is -0.609. The van der Waals surface area contributed by atoms with Crippen LogP contribution in [0.5, 0.6) is 5.75 Å². The summed E-state index contributed by atoms with van der Waals surface area (Å²) in [7, 11) is 0. The predicted molar refractivity (Wildman–Crippen MR) is 82.8 cm³/mol. The molecule has 0 fully saturated rings. The van der Waals surface area contributed by atoms with Crippen molar-refractivity contribution >= 4 is 21.9 Å². The van der Waals surface area contributed by atoms with E-state index in [1.807, 2.05) is 37.6 Å². The number of nitrogens with zero attached hydrogens (tertiary/aromatic N) is 2. The van der Waals surface area contributed by atoms with Crippen LogP contribution in [-0.4, -0.2) is 20.9 Å². The summed E-state index contributed by atoms with van der Waals surface area (Å²) in [5, 5.41) is 13.6. The Hall–Kier alpha value is -1.82. The molecule has 1 aromatic heterocycles. The summed E-state index contributed by atoms with van der Waals surface area (Å²) in [4.78, 5) is 11.3. The van der Waals surface area contributed by atoms with E-state index in [9.17, 15) is 9.90 Å². The molecule has 21 heavy (non-hydrogen) atoms. The second-order valence-electron chi connectivity index (χ2n) is 4.79. The van der Waals surface area contributed by atoms with Crippen LogP contribution in [0.4, 0.5) is 0 Å². The number of hydrogen-bond acceptors (Lipinski definition) is 3. The summed E-state index contributed by atoms with van der Waals surface area (Å²) in [5.41, 5.74) is 2.78. The highest BCUT2D eigenvalue weighted by Gasteiger charge is 2.16. The second kappa shape index (κ2) is 6.30. The van der Waals surface area contributed by atoms with Crippen LogP contribution in [0.15, 0.2) is 22.7 Å². The molecule has 0 aliphatic heterocycles. The number of carboxylic acids is 1. The maximum atomic E-state index is 11.3. The third kappa shape index (κ3) is 3.44. The quantitative estimate of drug-likeness (QED) is 0.893. The summed E-state index contributed by atoms with van der Waals surface area (Å²) in [6, 6.07) is 5.33. The first-order chi connectivity index (χ1) is 9.92. The van der Waals surface area contributed by atoms with Crippen LogP contribution in [0.3, 0.4) is 0 Å². The first-order valence-corrected chi connectivity index (χ1v) is 7.41. The Bertz CT molecular complexity index is 680. The predicted octanol–water partition coefficient (Wildman–Crippen LogP) is 3.56. The van der Waals surface area contributed by atoms with Gasteiger partial charge in [0.1, 0.15) is 17.9 Å². The highest BCUT2D eigenvalue weighted by molar-refractivity contribution is 9.10. The van der Waals surface area contributed by atoms with Crippen molar-refractivity contribution in [2.45, 2.75) is 33.9 Å². The number of aryl methyl sites for hydroxylation is 3. The second-order valence-corrected chi connectivity index (χ2v) is 5.70. The van der Waals surface area contributed by atoms with Crippen molar-refractivity contribution in [2.24, 2.45) is 0 Å². The molecule has 0 unspecified atom stereocenters. The zero-order valence-electron chi connectivity index (χ0n) is 12.2. The number of rotatable bonds is 5. The van der Waals surface area contributed by atoms with E-state index in [4.69, 9.17) is 4.74 Å². The van der Waals surface area contributed by atoms with Gasteiger partial charge < -0.3 is 9.84 Å². The molecular weight excluding hydrogens is 336 g/mol. The van der Waals surface area contributed by atoms with Crippen LogP contribution in [0.1, 0.15) is 34.2 Å². The Kier molecular flexibility index (Phi) is 4.67. The minimum absolute atomic E-state index is 0.154. The molecule has 0 spiro atoms. The fourth-order valence-electron chi connectivity index (χ4n) is 2.22. The molecule has 0 aliphatic rings. The highest BCUT2D eigenvalue weighted by atomic mass is 79.9. The van der Waals surface area contributed by atoms with Gasteiger partial charge in [-0.2, -0.15) is 5.10 Å². The molecule has 5 nitrogen and oxygen atoms in total. The Labute approximate surface area is 131 Å². The first-order valence-electron chi connectivity index (χ1n) is 6.62. The molecule has 1 N–H and O–H groups in total. The molecule has 1 aromatic carbocycles. The maximum Gasteiger partial charge on any atom is 0.339 e. The van der Waals surface area contributed by atoms with E-state index in [0.29, 0.717) is 5.75 Å². The molecule has 0 amide bonds. The number of ether oxygens (including phenoxy) is 1. The number of aromatic carboxylic acids is 1. The summed E-state index contributed by atoms with van der Waals surface area (Å²) in [6.07, 6.45) is 0. The van der Waals surface area contributed by atoms with Gasteiger partial charge in [0.2, 0.25) is 0 Å². The lowest BCUT2D eigenvalue weighted by atomic mass is 10.1. The first kappa shape index (κ1) is 15.6. The number of benzene rings is 1. The van der Waals surface area contributed by atoms with E-state index in [2.05, 4.69) is 21.0 Å². The van der Waals surface area contributed by atoms with Gasteiger partial charge in [-0.15, -0.1) is 0 Å². The van der Waals surface area contributed by atoms with E-state index in [1.165, 1.54) is 0 Å². The van der Waals surface area contributed by atoms with Crippen LogP contribution >= 0.6 is 15.9 Å². The SMILES string of the molecule is CCn1nc(C)cc1COc1c(C)cc(Br)cc1C(=O)O. The molecule has 0 saturated heterocycles. The summed E-state index contributed by atoms with van der Waals surface area (Å²) in [6.45, 7) is 6.79. The molecule has 112 valence electrons. The Balaban J connectivity index is 2.29. The maximum absolute atomic E-state index is 11.3. The van der Waals surface area contributed by atoms with E-state index in [0.717, 1.165) is 28.0 Å². The normalized spacial score (nSPS) is 10.7. The number of hydrogen-bond donors (Lipinski definition) is 1. The Morgan fingerprint density at radius 3 is 2.71 bits per heavy atom. The van der Waals surface area contributed by atoms with Crippen LogP contribution in [-0.2, 0) is 13.2 Å². The van der Waals surface area contributed by atoms with Crippen molar-refractivity contribution < 1.29 is 14.6 Å². The van der Waals surface area contributed by atoms with Crippen LogP contribution in [0.25, 0.3) is 0 Å². The smallest absolute Gasteiger partial charge is 0.339 e. The molecular formula is C15H17BrN2O3. The van der Waals surface area contributed by atoms with Gasteiger partial charge in [-0.3, -0.25) is 4.68 Å². The molecule has 6 heteroatoms. The van der Waals surface area contributed by atoms with Gasteiger partial charge in [-0.05, 0) is 44.5 Å². The zero-order chi connectivity index (χ0) is 15.6. The fourth-order valence-corrected chi connectivity index (χ4v) is 2.79. The standard InChI is InChI=1S/C15H17BrN2O3/c1-4-18-12(6-10(3)17-18)8-21-14-9(2)5-11(16)7-13(14)15(19)20/h5-7H,4,8H2,1-3H3,(H,19,20). The average Bonchev–Trinajstić information content (AvgIpc) is 2.77. The van der Waals surface area contributed by atoms with Gasteiger partial charge in [-0.1, -0.05) is 15.9 Å². The molecule has 0 atom stereocenters. The van der Waals surface area contributed by atoms with Crippen LogP contribution in [0.2, 0.25) is 0 Å². The van der Waals surface area contributed by atoms with Crippen LogP contribution in [0, 0.1) is 13.8 Å². The van der Waals surface area contributed by atoms with Gasteiger partial charge in [-0.25, -0.2) is 4.79 Å². The van der Waals surface area contributed by atoms with E-state index in [1.54, 1.807) is 6.07 Å². The molecule has 0 aliphatic carbocycles. The minimum Gasteiger partial charge on any atom is -0.486 e. The lowest BCUT2D eigenvalue weighted by Gasteiger charge is -2.13. The van der Waals surface area contributed by atoms with Crippen molar-refractivity contribution in [1.29, 1.82) is 0 Å². The molecule has 0 bridgehead atoms. The number of aromatic nitrogens is 2. The highest BCUT2D eigenvalue weighted by Crippen LogP contribution is 2.29. The van der Waals surface area contributed by atoms with Crippen molar-refractivity contribution in [3.05, 3.63) is 45.2 Å². The van der Waals surface area contributed by atoms with Crippen molar-refractivity contribution in [3.63, 3.8) is 0 Å². The zero-order valence-corrected chi connectivity index (χ0v) is 13.8. The summed E-state index contributed by atoms with van der Waals surface area (Å²) < 4.78 is 8.34. The lowest BCUT2D eigenvalue weighted by molar-refractivity contribution is 0.0691. The number of carboxylic acid groups (broad SMARTS) is 1. The van der Waals surface area contributed by atoms with Gasteiger partial charge in [0.15, 0.2) is 0 Å². The molecule has 2 rings (SSSR count). The number of halogens is 1. The van der Waals surface area contributed by atoms with Crippen molar-refractivity contribution in [2.75, 3.05) is 0 Å². The monoisotopic (exact) mass is 352 g/mol. The van der Waals surface area contributed by atoms with Gasteiger partial charge in [0.05, 0.1) is 11.4 Å². The lowest BCUT2D eigenvalue weighted by Crippen LogP contribution is -2.09. The van der Waals surface area contributed by atoms with Gasteiger partial charge in [0, 0.05) is 11.0 Å². The average molecular weight is 353 g/mol.